The fourth-order valence-corrected chi connectivity index (χ4v) is 2.77. The van der Waals surface area contributed by atoms with Crippen molar-refractivity contribution in [1.82, 2.24) is 14.7 Å². The van der Waals surface area contributed by atoms with Gasteiger partial charge in [0.25, 0.3) is 0 Å². The fourth-order valence-electron chi connectivity index (χ4n) is 2.44. The smallest absolute Gasteiger partial charge is 0.168 e. The van der Waals surface area contributed by atoms with Crippen LogP contribution in [0.1, 0.15) is 25.2 Å². The molecule has 6 heteroatoms. The standard InChI is InChI=1S/C14H22ClN3O2/c1-4-10-14(15)11(18(5-2)16-10)8-12(19)13-9-17(3)6-7-20-13/h13H,4-9H2,1-3H3. The van der Waals surface area contributed by atoms with E-state index in [-0.39, 0.29) is 18.3 Å². The lowest BCUT2D eigenvalue weighted by atomic mass is 10.1. The summed E-state index contributed by atoms with van der Waals surface area (Å²) < 4.78 is 7.39. The molecule has 1 aliphatic rings. The molecule has 0 aliphatic carbocycles. The Morgan fingerprint density at radius 2 is 2.25 bits per heavy atom. The van der Waals surface area contributed by atoms with Crippen LogP contribution in [0.5, 0.6) is 0 Å². The molecule has 2 rings (SSSR count). The summed E-state index contributed by atoms with van der Waals surface area (Å²) in [5, 5.41) is 5.07. The van der Waals surface area contributed by atoms with Gasteiger partial charge in [0.2, 0.25) is 0 Å². The first-order valence-electron chi connectivity index (χ1n) is 7.13. The molecule has 1 aromatic rings. The molecule has 1 unspecified atom stereocenters. The number of ketones is 1. The number of hydrogen-bond acceptors (Lipinski definition) is 4. The van der Waals surface area contributed by atoms with Crippen molar-refractivity contribution in [3.63, 3.8) is 0 Å². The van der Waals surface area contributed by atoms with Crippen LogP contribution in [0.4, 0.5) is 0 Å². The van der Waals surface area contributed by atoms with Gasteiger partial charge in [-0.2, -0.15) is 5.10 Å². The van der Waals surface area contributed by atoms with Crippen LogP contribution in [0.2, 0.25) is 5.02 Å². The quantitative estimate of drug-likeness (QED) is 0.828. The van der Waals surface area contributed by atoms with E-state index in [0.29, 0.717) is 24.7 Å². The lowest BCUT2D eigenvalue weighted by Gasteiger charge is -2.29. The minimum Gasteiger partial charge on any atom is -0.368 e. The van der Waals surface area contributed by atoms with Gasteiger partial charge in [-0.25, -0.2) is 0 Å². The van der Waals surface area contributed by atoms with Crippen LogP contribution in [-0.4, -0.2) is 53.3 Å². The molecule has 0 N–H and O–H groups in total. The number of ether oxygens (including phenoxy) is 1. The highest BCUT2D eigenvalue weighted by Gasteiger charge is 2.27. The maximum Gasteiger partial charge on any atom is 0.168 e. The summed E-state index contributed by atoms with van der Waals surface area (Å²) in [6, 6.07) is 0. The zero-order valence-electron chi connectivity index (χ0n) is 12.4. The van der Waals surface area contributed by atoms with Crippen LogP contribution in [0.25, 0.3) is 0 Å². The Balaban J connectivity index is 2.12. The number of nitrogens with zero attached hydrogens (tertiary/aromatic N) is 3. The molecular weight excluding hydrogens is 278 g/mol. The lowest BCUT2D eigenvalue weighted by molar-refractivity contribution is -0.134. The maximum atomic E-state index is 12.4. The van der Waals surface area contributed by atoms with E-state index in [9.17, 15) is 4.79 Å². The van der Waals surface area contributed by atoms with Crippen molar-refractivity contribution in [3.05, 3.63) is 16.4 Å². The van der Waals surface area contributed by atoms with E-state index in [1.165, 1.54) is 0 Å². The van der Waals surface area contributed by atoms with Crippen molar-refractivity contribution in [1.29, 1.82) is 0 Å². The van der Waals surface area contributed by atoms with Crippen LogP contribution in [-0.2, 0) is 28.9 Å². The van der Waals surface area contributed by atoms with Gasteiger partial charge in [-0.1, -0.05) is 18.5 Å². The Kier molecular flexibility index (Phi) is 5.18. The molecule has 1 aromatic heterocycles. The predicted molar refractivity (Wildman–Crippen MR) is 78.2 cm³/mol. The van der Waals surface area contributed by atoms with Gasteiger partial charge in [0.15, 0.2) is 5.78 Å². The summed E-state index contributed by atoms with van der Waals surface area (Å²) in [4.78, 5) is 14.5. The summed E-state index contributed by atoms with van der Waals surface area (Å²) in [5.74, 6) is 0.0794. The molecule has 0 radical (unpaired) electrons. The Bertz CT molecular complexity index is 487. The first kappa shape index (κ1) is 15.5. The van der Waals surface area contributed by atoms with E-state index in [1.807, 2.05) is 25.6 Å². The minimum absolute atomic E-state index is 0.0794. The van der Waals surface area contributed by atoms with Gasteiger partial charge in [0.1, 0.15) is 6.10 Å². The number of morpholine rings is 1. The Labute approximate surface area is 124 Å². The highest BCUT2D eigenvalue weighted by molar-refractivity contribution is 6.32. The second-order valence-electron chi connectivity index (χ2n) is 5.14. The molecule has 1 fully saturated rings. The minimum atomic E-state index is -0.352. The molecule has 112 valence electrons. The average molecular weight is 300 g/mol. The zero-order valence-corrected chi connectivity index (χ0v) is 13.1. The second-order valence-corrected chi connectivity index (χ2v) is 5.52. The number of rotatable bonds is 5. The van der Waals surface area contributed by atoms with Crippen molar-refractivity contribution in [2.45, 2.75) is 39.3 Å². The van der Waals surface area contributed by atoms with Crippen molar-refractivity contribution in [2.24, 2.45) is 0 Å². The molecule has 0 amide bonds. The number of carbonyl (C=O) groups is 1. The zero-order chi connectivity index (χ0) is 14.7. The van der Waals surface area contributed by atoms with Crippen molar-refractivity contribution in [3.8, 4) is 0 Å². The number of likely N-dealkylation sites (N-methyl/N-ethyl adjacent to an activating group) is 1. The largest absolute Gasteiger partial charge is 0.368 e. The van der Waals surface area contributed by atoms with Crippen LogP contribution in [0, 0.1) is 0 Å². The van der Waals surface area contributed by atoms with E-state index in [1.54, 1.807) is 0 Å². The molecule has 5 nitrogen and oxygen atoms in total. The number of carbonyl (C=O) groups excluding carboxylic acids is 1. The van der Waals surface area contributed by atoms with Crippen LogP contribution >= 0.6 is 11.6 Å². The van der Waals surface area contributed by atoms with Crippen LogP contribution in [0.3, 0.4) is 0 Å². The summed E-state index contributed by atoms with van der Waals surface area (Å²) in [5.41, 5.74) is 1.67. The van der Waals surface area contributed by atoms with Crippen molar-refractivity contribution < 1.29 is 9.53 Å². The summed E-state index contributed by atoms with van der Waals surface area (Å²) in [6.45, 7) is 6.86. The Morgan fingerprint density at radius 1 is 1.50 bits per heavy atom. The Morgan fingerprint density at radius 3 is 2.85 bits per heavy atom. The molecule has 0 saturated carbocycles. The van der Waals surface area contributed by atoms with E-state index in [2.05, 4.69) is 10.00 Å². The molecule has 1 saturated heterocycles. The molecule has 0 bridgehead atoms. The molecule has 0 spiro atoms. The molecule has 1 aliphatic heterocycles. The third-order valence-corrected chi connectivity index (χ3v) is 4.10. The van der Waals surface area contributed by atoms with Gasteiger partial charge in [0.05, 0.1) is 29.4 Å². The number of aryl methyl sites for hydroxylation is 2. The first-order chi connectivity index (χ1) is 9.56. The van der Waals surface area contributed by atoms with Gasteiger partial charge in [-0.05, 0) is 20.4 Å². The van der Waals surface area contributed by atoms with E-state index in [0.717, 1.165) is 24.4 Å². The number of halogens is 1. The fraction of sp³-hybridized carbons (Fsp3) is 0.714. The topological polar surface area (TPSA) is 47.4 Å². The second kappa shape index (κ2) is 6.70. The average Bonchev–Trinajstić information content (AvgIpc) is 2.75. The SMILES string of the molecule is CCc1nn(CC)c(CC(=O)C2CN(C)CCO2)c1Cl. The third kappa shape index (κ3) is 3.22. The van der Waals surface area contributed by atoms with Crippen LogP contribution < -0.4 is 0 Å². The third-order valence-electron chi connectivity index (χ3n) is 3.66. The lowest BCUT2D eigenvalue weighted by Crippen LogP contribution is -2.44. The highest BCUT2D eigenvalue weighted by Crippen LogP contribution is 2.23. The summed E-state index contributed by atoms with van der Waals surface area (Å²) in [7, 11) is 2.00. The van der Waals surface area contributed by atoms with E-state index >= 15 is 0 Å². The van der Waals surface area contributed by atoms with Gasteiger partial charge in [-0.15, -0.1) is 0 Å². The molecule has 2 heterocycles. The van der Waals surface area contributed by atoms with Crippen LogP contribution in [0.15, 0.2) is 0 Å². The monoisotopic (exact) mass is 299 g/mol. The summed E-state index contributed by atoms with van der Waals surface area (Å²) in [6.07, 6.45) is 0.712. The number of Topliss-reactive ketones (excluding diaryl/α,β-unsaturated/α-hetero) is 1. The van der Waals surface area contributed by atoms with Gasteiger partial charge < -0.3 is 9.64 Å². The Hall–Kier alpha value is -0.910. The molecule has 20 heavy (non-hydrogen) atoms. The van der Waals surface area contributed by atoms with E-state index in [4.69, 9.17) is 16.3 Å². The summed E-state index contributed by atoms with van der Waals surface area (Å²) >= 11 is 6.33. The van der Waals surface area contributed by atoms with E-state index < -0.39 is 0 Å². The molecular formula is C14H22ClN3O2. The van der Waals surface area contributed by atoms with Crippen molar-refractivity contribution >= 4 is 17.4 Å². The van der Waals surface area contributed by atoms with Gasteiger partial charge >= 0.3 is 0 Å². The molecule has 1 atom stereocenters. The first-order valence-corrected chi connectivity index (χ1v) is 7.51. The predicted octanol–water partition coefficient (Wildman–Crippen LogP) is 1.56. The maximum absolute atomic E-state index is 12.4. The highest BCUT2D eigenvalue weighted by atomic mass is 35.5. The van der Waals surface area contributed by atoms with Crippen molar-refractivity contribution in [2.75, 3.05) is 26.7 Å². The molecule has 0 aromatic carbocycles. The van der Waals surface area contributed by atoms with Gasteiger partial charge in [-0.3, -0.25) is 9.48 Å². The van der Waals surface area contributed by atoms with Gasteiger partial charge in [0, 0.05) is 19.6 Å². The normalized spacial score (nSPS) is 20.3. The number of hydrogen-bond donors (Lipinski definition) is 0. The number of aromatic nitrogens is 2.